The van der Waals surface area contributed by atoms with E-state index in [9.17, 15) is 9.59 Å². The SMILES string of the molecule is COC(=O)NC(CC(C)C)C(=O)NCC1(c2ccc(Cl)cc2)CCC1. The molecule has 1 aromatic rings. The summed E-state index contributed by atoms with van der Waals surface area (Å²) in [5.74, 6) is 0.112. The van der Waals surface area contributed by atoms with Crippen LogP contribution < -0.4 is 10.6 Å². The van der Waals surface area contributed by atoms with Crippen molar-refractivity contribution in [1.29, 1.82) is 0 Å². The summed E-state index contributed by atoms with van der Waals surface area (Å²) in [6.07, 6.45) is 3.20. The molecular weight excluding hydrogens is 340 g/mol. The van der Waals surface area contributed by atoms with Crippen molar-refractivity contribution in [3.8, 4) is 0 Å². The summed E-state index contributed by atoms with van der Waals surface area (Å²) >= 11 is 5.98. The van der Waals surface area contributed by atoms with Crippen LogP contribution in [0.25, 0.3) is 0 Å². The number of nitrogens with one attached hydrogen (secondary N) is 2. The molecule has 0 spiro atoms. The average molecular weight is 367 g/mol. The first kappa shape index (κ1) is 19.6. The topological polar surface area (TPSA) is 67.4 Å². The first-order valence-corrected chi connectivity index (χ1v) is 9.12. The summed E-state index contributed by atoms with van der Waals surface area (Å²) in [5.41, 5.74) is 1.17. The molecule has 1 aliphatic rings. The molecule has 6 heteroatoms. The van der Waals surface area contributed by atoms with Crippen molar-refractivity contribution in [2.75, 3.05) is 13.7 Å². The third-order valence-corrected chi connectivity index (χ3v) is 5.12. The molecule has 1 saturated carbocycles. The van der Waals surface area contributed by atoms with Crippen molar-refractivity contribution in [2.24, 2.45) is 5.92 Å². The number of carbonyl (C=O) groups excluding carboxylic acids is 2. The molecule has 0 heterocycles. The van der Waals surface area contributed by atoms with Gasteiger partial charge in [-0.3, -0.25) is 4.79 Å². The lowest BCUT2D eigenvalue weighted by molar-refractivity contribution is -0.123. The minimum atomic E-state index is -0.588. The molecule has 138 valence electrons. The van der Waals surface area contributed by atoms with Crippen LogP contribution in [-0.4, -0.2) is 31.7 Å². The van der Waals surface area contributed by atoms with Crippen molar-refractivity contribution >= 4 is 23.6 Å². The summed E-state index contributed by atoms with van der Waals surface area (Å²) in [6.45, 7) is 4.59. The summed E-state index contributed by atoms with van der Waals surface area (Å²) in [5, 5.41) is 6.37. The zero-order valence-corrected chi connectivity index (χ0v) is 15.9. The fraction of sp³-hybridized carbons (Fsp3) is 0.579. The van der Waals surface area contributed by atoms with E-state index in [1.54, 1.807) is 0 Å². The number of methoxy groups -OCH3 is 1. The Hall–Kier alpha value is -1.75. The minimum Gasteiger partial charge on any atom is -0.453 e. The molecule has 1 unspecified atom stereocenters. The van der Waals surface area contributed by atoms with E-state index in [1.165, 1.54) is 12.7 Å². The van der Waals surface area contributed by atoms with Gasteiger partial charge in [0.1, 0.15) is 6.04 Å². The van der Waals surface area contributed by atoms with E-state index in [0.29, 0.717) is 18.0 Å². The first-order valence-electron chi connectivity index (χ1n) is 8.74. The molecule has 1 aromatic carbocycles. The molecule has 0 aliphatic heterocycles. The van der Waals surface area contributed by atoms with Crippen molar-refractivity contribution in [3.63, 3.8) is 0 Å². The quantitative estimate of drug-likeness (QED) is 0.774. The number of halogens is 1. The Kier molecular flexibility index (Phi) is 6.71. The zero-order valence-electron chi connectivity index (χ0n) is 15.1. The molecule has 1 fully saturated rings. The Bertz CT molecular complexity index is 597. The van der Waals surface area contributed by atoms with E-state index in [2.05, 4.69) is 15.4 Å². The molecular formula is C19H27ClN2O3. The smallest absolute Gasteiger partial charge is 0.407 e. The largest absolute Gasteiger partial charge is 0.453 e. The highest BCUT2D eigenvalue weighted by Gasteiger charge is 2.39. The number of amides is 2. The van der Waals surface area contributed by atoms with Gasteiger partial charge in [0.25, 0.3) is 0 Å². The summed E-state index contributed by atoms with van der Waals surface area (Å²) < 4.78 is 4.63. The van der Waals surface area contributed by atoms with Crippen molar-refractivity contribution < 1.29 is 14.3 Å². The second kappa shape index (κ2) is 8.56. The molecule has 1 aliphatic carbocycles. The van der Waals surface area contributed by atoms with Crippen LogP contribution in [0.3, 0.4) is 0 Å². The Morgan fingerprint density at radius 1 is 1.24 bits per heavy atom. The van der Waals surface area contributed by atoms with Crippen LogP contribution in [0.5, 0.6) is 0 Å². The van der Waals surface area contributed by atoms with Gasteiger partial charge in [0.05, 0.1) is 7.11 Å². The highest BCUT2D eigenvalue weighted by Crippen LogP contribution is 2.43. The summed E-state index contributed by atoms with van der Waals surface area (Å²) in [4.78, 5) is 24.1. The molecule has 0 aromatic heterocycles. The van der Waals surface area contributed by atoms with Crippen molar-refractivity contribution in [2.45, 2.75) is 51.0 Å². The van der Waals surface area contributed by atoms with Crippen LogP contribution in [-0.2, 0) is 14.9 Å². The van der Waals surface area contributed by atoms with Gasteiger partial charge in [-0.25, -0.2) is 4.79 Å². The van der Waals surface area contributed by atoms with E-state index in [0.717, 1.165) is 19.3 Å². The maximum Gasteiger partial charge on any atom is 0.407 e. The fourth-order valence-electron chi connectivity index (χ4n) is 3.26. The summed E-state index contributed by atoms with van der Waals surface area (Å²) in [7, 11) is 1.30. The van der Waals surface area contributed by atoms with Gasteiger partial charge in [-0.1, -0.05) is 44.0 Å². The second-order valence-corrected chi connectivity index (χ2v) is 7.61. The van der Waals surface area contributed by atoms with Gasteiger partial charge in [0, 0.05) is 17.0 Å². The van der Waals surface area contributed by atoms with E-state index in [4.69, 9.17) is 11.6 Å². The number of hydrogen-bond donors (Lipinski definition) is 2. The van der Waals surface area contributed by atoms with E-state index < -0.39 is 12.1 Å². The Balaban J connectivity index is 2.02. The van der Waals surface area contributed by atoms with Crippen molar-refractivity contribution in [1.82, 2.24) is 10.6 Å². The monoisotopic (exact) mass is 366 g/mol. The lowest BCUT2D eigenvalue weighted by Crippen LogP contribution is -2.52. The average Bonchev–Trinajstić information content (AvgIpc) is 2.54. The Morgan fingerprint density at radius 2 is 1.88 bits per heavy atom. The van der Waals surface area contributed by atoms with Crippen LogP contribution in [0.2, 0.25) is 5.02 Å². The third kappa shape index (κ3) is 5.11. The van der Waals surface area contributed by atoms with Gasteiger partial charge in [-0.15, -0.1) is 0 Å². The van der Waals surface area contributed by atoms with Gasteiger partial charge >= 0.3 is 6.09 Å². The molecule has 0 bridgehead atoms. The van der Waals surface area contributed by atoms with E-state index >= 15 is 0 Å². The Labute approximate surface area is 154 Å². The summed E-state index contributed by atoms with van der Waals surface area (Å²) in [6, 6.07) is 7.26. The molecule has 1 atom stereocenters. The maximum absolute atomic E-state index is 12.6. The molecule has 2 amide bonds. The Morgan fingerprint density at radius 3 is 2.36 bits per heavy atom. The highest BCUT2D eigenvalue weighted by atomic mass is 35.5. The number of carbonyl (C=O) groups is 2. The van der Waals surface area contributed by atoms with E-state index in [1.807, 2.05) is 38.1 Å². The van der Waals surface area contributed by atoms with Gasteiger partial charge in [0.15, 0.2) is 0 Å². The number of rotatable bonds is 7. The standard InChI is InChI=1S/C19H27ClN2O3/c1-13(2)11-16(22-18(24)25-3)17(23)21-12-19(9-4-10-19)14-5-7-15(20)8-6-14/h5-8,13,16H,4,9-12H2,1-3H3,(H,21,23)(H,22,24). The second-order valence-electron chi connectivity index (χ2n) is 7.18. The van der Waals surface area contributed by atoms with Crippen LogP contribution in [0.1, 0.15) is 45.1 Å². The van der Waals surface area contributed by atoms with Crippen molar-refractivity contribution in [3.05, 3.63) is 34.9 Å². The predicted octanol–water partition coefficient (Wildman–Crippen LogP) is 3.65. The first-order chi connectivity index (χ1) is 11.9. The zero-order chi connectivity index (χ0) is 18.4. The molecule has 0 radical (unpaired) electrons. The van der Waals surface area contributed by atoms with E-state index in [-0.39, 0.29) is 17.2 Å². The molecule has 0 saturated heterocycles. The number of benzene rings is 1. The van der Waals surface area contributed by atoms with Gasteiger partial charge < -0.3 is 15.4 Å². The minimum absolute atomic E-state index is 0.0338. The third-order valence-electron chi connectivity index (χ3n) is 4.87. The van der Waals surface area contributed by atoms with Crippen LogP contribution in [0.15, 0.2) is 24.3 Å². The van der Waals surface area contributed by atoms with Crippen LogP contribution in [0, 0.1) is 5.92 Å². The molecule has 2 rings (SSSR count). The molecule has 2 N–H and O–H groups in total. The lowest BCUT2D eigenvalue weighted by Gasteiger charge is -2.43. The highest BCUT2D eigenvalue weighted by molar-refractivity contribution is 6.30. The number of hydrogen-bond acceptors (Lipinski definition) is 3. The molecule has 25 heavy (non-hydrogen) atoms. The number of alkyl carbamates (subject to hydrolysis) is 1. The fourth-order valence-corrected chi connectivity index (χ4v) is 3.38. The molecule has 5 nitrogen and oxygen atoms in total. The number of ether oxygens (including phenoxy) is 1. The normalized spacial score (nSPS) is 16.7. The van der Waals surface area contributed by atoms with Gasteiger partial charge in [-0.05, 0) is 42.9 Å². The van der Waals surface area contributed by atoms with Gasteiger partial charge in [-0.2, -0.15) is 0 Å². The van der Waals surface area contributed by atoms with Gasteiger partial charge in [0.2, 0.25) is 5.91 Å². The van der Waals surface area contributed by atoms with Crippen LogP contribution >= 0.6 is 11.6 Å². The van der Waals surface area contributed by atoms with Crippen LogP contribution in [0.4, 0.5) is 4.79 Å². The lowest BCUT2D eigenvalue weighted by atomic mass is 9.64. The predicted molar refractivity (Wildman–Crippen MR) is 98.8 cm³/mol. The maximum atomic E-state index is 12.6.